The molecule has 0 unspecified atom stereocenters. The summed E-state index contributed by atoms with van der Waals surface area (Å²) in [4.78, 5) is 25.0. The number of anilines is 1. The molecular formula is C17H19F3N4O4. The van der Waals surface area contributed by atoms with Crippen LogP contribution in [-0.4, -0.2) is 58.7 Å². The van der Waals surface area contributed by atoms with Gasteiger partial charge in [-0.3, -0.25) is 14.4 Å². The van der Waals surface area contributed by atoms with Gasteiger partial charge in [0.15, 0.2) is 5.82 Å². The lowest BCUT2D eigenvalue weighted by atomic mass is 10.2. The van der Waals surface area contributed by atoms with Crippen LogP contribution in [0, 0.1) is 0 Å². The van der Waals surface area contributed by atoms with Crippen molar-refractivity contribution >= 4 is 28.7 Å². The number of halogens is 3. The number of rotatable bonds is 6. The average Bonchev–Trinajstić information content (AvgIpc) is 3.11. The Bertz CT molecular complexity index is 894. The molecule has 3 rings (SSSR count). The van der Waals surface area contributed by atoms with Crippen LogP contribution < -0.4 is 10.1 Å². The number of alkyl halides is 3. The van der Waals surface area contributed by atoms with E-state index in [2.05, 4.69) is 10.4 Å². The highest BCUT2D eigenvalue weighted by atomic mass is 19.4. The molecular weight excluding hydrogens is 381 g/mol. The van der Waals surface area contributed by atoms with E-state index >= 15 is 0 Å². The Morgan fingerprint density at radius 2 is 2.14 bits per heavy atom. The molecule has 0 atom stereocenters. The van der Waals surface area contributed by atoms with Crippen molar-refractivity contribution in [3.63, 3.8) is 0 Å². The van der Waals surface area contributed by atoms with Crippen molar-refractivity contribution < 1.29 is 32.2 Å². The van der Waals surface area contributed by atoms with Gasteiger partial charge in [-0.15, -0.1) is 0 Å². The van der Waals surface area contributed by atoms with Gasteiger partial charge in [-0.1, -0.05) is 6.07 Å². The van der Waals surface area contributed by atoms with Gasteiger partial charge in [-0.2, -0.15) is 18.3 Å². The number of aromatic nitrogens is 2. The Labute approximate surface area is 158 Å². The van der Waals surface area contributed by atoms with Crippen LogP contribution in [0.15, 0.2) is 18.2 Å². The fourth-order valence-electron chi connectivity index (χ4n) is 2.84. The van der Waals surface area contributed by atoms with Crippen LogP contribution in [-0.2, 0) is 16.1 Å². The van der Waals surface area contributed by atoms with Gasteiger partial charge >= 0.3 is 12.3 Å². The highest BCUT2D eigenvalue weighted by Gasteiger charge is 2.31. The Morgan fingerprint density at radius 3 is 2.75 bits per heavy atom. The molecule has 0 saturated carbocycles. The molecule has 1 aliphatic rings. The summed E-state index contributed by atoms with van der Waals surface area (Å²) < 4.78 is 50.0. The Morgan fingerprint density at radius 1 is 1.39 bits per heavy atom. The average molecular weight is 400 g/mol. The summed E-state index contributed by atoms with van der Waals surface area (Å²) in [6.45, 7) is 2.38. The van der Waals surface area contributed by atoms with Crippen molar-refractivity contribution in [1.29, 1.82) is 0 Å². The molecule has 1 aromatic heterocycles. The number of carbonyl (C=O) groups is 2. The van der Waals surface area contributed by atoms with E-state index in [-0.39, 0.29) is 42.5 Å². The van der Waals surface area contributed by atoms with Gasteiger partial charge in [0.1, 0.15) is 25.4 Å². The van der Waals surface area contributed by atoms with Crippen molar-refractivity contribution in [2.75, 3.05) is 25.0 Å². The van der Waals surface area contributed by atoms with E-state index in [1.54, 1.807) is 26.0 Å². The molecule has 0 spiro atoms. The highest BCUT2D eigenvalue weighted by molar-refractivity contribution is 6.03. The predicted molar refractivity (Wildman–Crippen MR) is 93.1 cm³/mol. The zero-order valence-corrected chi connectivity index (χ0v) is 15.2. The van der Waals surface area contributed by atoms with Gasteiger partial charge in [-0.05, 0) is 26.0 Å². The third-order valence-corrected chi connectivity index (χ3v) is 3.87. The first kappa shape index (κ1) is 19.8. The van der Waals surface area contributed by atoms with Crippen molar-refractivity contribution in [2.45, 2.75) is 32.7 Å². The summed E-state index contributed by atoms with van der Waals surface area (Å²) in [6, 6.07) is 4.62. The normalized spacial score (nSPS) is 14.6. The summed E-state index contributed by atoms with van der Waals surface area (Å²) in [5, 5.41) is 6.67. The number of amides is 2. The fraction of sp³-hybridized carbons (Fsp3) is 0.471. The lowest BCUT2D eigenvalue weighted by molar-refractivity contribution is -0.141. The van der Waals surface area contributed by atoms with Crippen LogP contribution >= 0.6 is 0 Å². The molecule has 1 aliphatic heterocycles. The summed E-state index contributed by atoms with van der Waals surface area (Å²) in [5.41, 5.74) is 0.173. The molecule has 152 valence electrons. The highest BCUT2D eigenvalue weighted by Crippen LogP contribution is 2.34. The van der Waals surface area contributed by atoms with E-state index in [1.807, 2.05) is 0 Å². The van der Waals surface area contributed by atoms with Gasteiger partial charge < -0.3 is 14.8 Å². The molecule has 0 radical (unpaired) electrons. The van der Waals surface area contributed by atoms with Crippen molar-refractivity contribution in [2.24, 2.45) is 0 Å². The lowest BCUT2D eigenvalue weighted by Gasteiger charge is -2.13. The van der Waals surface area contributed by atoms with Crippen LogP contribution in [0.4, 0.5) is 23.8 Å². The Balaban J connectivity index is 1.94. The minimum Gasteiger partial charge on any atom is -0.490 e. The van der Waals surface area contributed by atoms with Gasteiger partial charge in [0, 0.05) is 0 Å². The van der Waals surface area contributed by atoms with E-state index in [9.17, 15) is 22.8 Å². The largest absolute Gasteiger partial charge is 0.490 e. The maximum atomic E-state index is 12.9. The zero-order valence-electron chi connectivity index (χ0n) is 15.2. The molecule has 28 heavy (non-hydrogen) atoms. The van der Waals surface area contributed by atoms with Gasteiger partial charge in [-0.25, -0.2) is 4.79 Å². The van der Waals surface area contributed by atoms with E-state index in [0.29, 0.717) is 5.75 Å². The third-order valence-electron chi connectivity index (χ3n) is 3.87. The molecule has 11 heteroatoms. The van der Waals surface area contributed by atoms with Crippen LogP contribution in [0.3, 0.4) is 0 Å². The quantitative estimate of drug-likeness (QED) is 0.806. The maximum absolute atomic E-state index is 12.9. The van der Waals surface area contributed by atoms with E-state index < -0.39 is 24.7 Å². The van der Waals surface area contributed by atoms with E-state index in [4.69, 9.17) is 9.47 Å². The molecule has 2 amide bonds. The summed E-state index contributed by atoms with van der Waals surface area (Å²) in [5.74, 6) is -0.360. The number of cyclic esters (lactones) is 1. The van der Waals surface area contributed by atoms with Crippen molar-refractivity contribution in [1.82, 2.24) is 14.7 Å². The number of nitrogens with zero attached hydrogens (tertiary/aromatic N) is 3. The first-order chi connectivity index (χ1) is 13.1. The minimum absolute atomic E-state index is 0.0620. The number of carbonyl (C=O) groups excluding carboxylic acids is 2. The van der Waals surface area contributed by atoms with E-state index in [0.717, 1.165) is 4.68 Å². The van der Waals surface area contributed by atoms with Crippen molar-refractivity contribution in [3.05, 3.63) is 18.2 Å². The second-order valence-electron chi connectivity index (χ2n) is 6.52. The molecule has 1 saturated heterocycles. The molecule has 1 aromatic carbocycles. The number of hydrogen-bond acceptors (Lipinski definition) is 5. The first-order valence-electron chi connectivity index (χ1n) is 8.58. The standard InChI is InChI=1S/C17H19F3N4O4/c1-10(2)28-12-5-3-4-11-14(12)15(22-24(11)9-17(18,19)20)21-13(25)8-23-6-7-27-16(23)26/h3-5,10H,6-9H2,1-2H3,(H,21,22,25). The molecule has 1 fully saturated rings. The van der Waals surface area contributed by atoms with Crippen LogP contribution in [0.25, 0.3) is 10.9 Å². The number of fused-ring (bicyclic) bond motifs is 1. The molecule has 2 heterocycles. The third kappa shape index (κ3) is 4.46. The van der Waals surface area contributed by atoms with Crippen LogP contribution in [0.2, 0.25) is 0 Å². The van der Waals surface area contributed by atoms with Crippen LogP contribution in [0.1, 0.15) is 13.8 Å². The number of hydrogen-bond donors (Lipinski definition) is 1. The second kappa shape index (κ2) is 7.56. The maximum Gasteiger partial charge on any atom is 0.410 e. The number of ether oxygens (including phenoxy) is 2. The molecule has 2 aromatic rings. The number of benzene rings is 1. The van der Waals surface area contributed by atoms with Gasteiger partial charge in [0.25, 0.3) is 0 Å². The zero-order chi connectivity index (χ0) is 20.5. The monoisotopic (exact) mass is 400 g/mol. The SMILES string of the molecule is CC(C)Oc1cccc2c1c(NC(=O)CN1CCOC1=O)nn2CC(F)(F)F. The lowest BCUT2D eigenvalue weighted by Crippen LogP contribution is -2.34. The predicted octanol–water partition coefficient (Wildman–Crippen LogP) is 2.78. The molecule has 1 N–H and O–H groups in total. The topological polar surface area (TPSA) is 85.7 Å². The summed E-state index contributed by atoms with van der Waals surface area (Å²) >= 11 is 0. The number of nitrogens with one attached hydrogen (secondary N) is 1. The van der Waals surface area contributed by atoms with E-state index in [1.165, 1.54) is 11.0 Å². The van der Waals surface area contributed by atoms with Crippen molar-refractivity contribution in [3.8, 4) is 5.75 Å². The Kier molecular flexibility index (Phi) is 5.34. The molecule has 0 bridgehead atoms. The first-order valence-corrected chi connectivity index (χ1v) is 8.58. The fourth-order valence-corrected chi connectivity index (χ4v) is 2.84. The summed E-state index contributed by atoms with van der Waals surface area (Å²) in [6.07, 6.45) is -5.35. The minimum atomic E-state index is -4.49. The van der Waals surface area contributed by atoms with Gasteiger partial charge in [0.05, 0.1) is 23.6 Å². The molecule has 8 nitrogen and oxygen atoms in total. The smallest absolute Gasteiger partial charge is 0.410 e. The van der Waals surface area contributed by atoms with Gasteiger partial charge in [0.2, 0.25) is 5.91 Å². The Hall–Kier alpha value is -2.98. The summed E-state index contributed by atoms with van der Waals surface area (Å²) in [7, 11) is 0. The van der Waals surface area contributed by atoms with Crippen LogP contribution in [0.5, 0.6) is 5.75 Å². The second-order valence-corrected chi connectivity index (χ2v) is 6.52. The molecule has 0 aliphatic carbocycles.